The fraction of sp³-hybridized carbons (Fsp3) is 0.00885. The van der Waals surface area contributed by atoms with Crippen molar-refractivity contribution < 1.29 is 20.4 Å². The summed E-state index contributed by atoms with van der Waals surface area (Å²) in [6, 6.07) is 121. The van der Waals surface area contributed by atoms with E-state index in [1.54, 1.807) is 24.3 Å². The van der Waals surface area contributed by atoms with Gasteiger partial charge < -0.3 is 40.4 Å². The molecule has 0 spiro atoms. The first-order valence-corrected chi connectivity index (χ1v) is 41.0. The highest BCUT2D eigenvalue weighted by atomic mass is 16.3. The van der Waals surface area contributed by atoms with Crippen molar-refractivity contribution in [1.82, 2.24) is 19.9 Å². The van der Waals surface area contributed by atoms with Crippen LogP contribution >= 0.6 is 0 Å². The van der Waals surface area contributed by atoms with Crippen LogP contribution in [0.5, 0.6) is 23.0 Å². The number of hydrogen-bond donors (Lipinski definition) is 8. The zero-order valence-corrected chi connectivity index (χ0v) is 65.2. The Morgan fingerprint density at radius 1 is 0.182 bits per heavy atom. The number of aromatic hydroxyl groups is 4. The number of H-pyrrole nitrogens is 4. The lowest BCUT2D eigenvalue weighted by Gasteiger charge is -2.37. The fourth-order valence-electron chi connectivity index (χ4n) is 20.0. The van der Waals surface area contributed by atoms with Crippen molar-refractivity contribution >= 4 is 90.2 Å². The van der Waals surface area contributed by atoms with Gasteiger partial charge in [-0.3, -0.25) is 0 Å². The summed E-state index contributed by atoms with van der Waals surface area (Å²) in [4.78, 5) is 14.0. The Balaban J connectivity index is 0.681. The number of phenols is 4. The molecule has 8 heteroatoms. The number of para-hydroxylation sites is 4. The number of aromatic nitrogens is 4. The van der Waals surface area contributed by atoms with Crippen molar-refractivity contribution in [3.05, 3.63) is 454 Å². The second kappa shape index (κ2) is 27.0. The molecule has 568 valence electrons. The molecule has 8 N–H and O–H groups in total. The largest absolute Gasteiger partial charge is 0.508 e. The molecule has 4 heterocycles. The standard InChI is InChI=1S/C113H72N4O4/c118-81-37-45-93-89-41-25-69(49-97(89)101(105(93)57-81)53-73-61-114-109-13-5-1-9-85(73)109)65-17-29-77(30-18-65)113(78-31-19-66(20-32-78)70-26-42-90-94-46-38-82(119)58-106(94)102(98(90)50-70)54-74-62-115-110-14-6-2-10-86(74)110,79-33-21-67(22-34-79)71-27-43-91-95-47-39-83(120)59-107(95)103(99(91)51-71)55-75-63-116-111-15-7-3-11-87(75)111)80-35-23-68(24-36-80)72-28-44-92-96-48-40-84(121)60-108(96)104(100(92)52-72)56-76-64-117-112-16-8-4-12-88(76)112/h1-64,114-121H/b101-53-,102-54-,103-55-,104-56-. The number of nitrogens with one attached hydrogen (secondary N) is 4. The fourth-order valence-corrected chi connectivity index (χ4v) is 20.0. The summed E-state index contributed by atoms with van der Waals surface area (Å²) in [5, 5.41) is 48.9. The van der Waals surface area contributed by atoms with Gasteiger partial charge in [-0.2, -0.15) is 0 Å². The van der Waals surface area contributed by atoms with E-state index in [-0.39, 0.29) is 23.0 Å². The highest BCUT2D eigenvalue weighted by Crippen LogP contribution is 2.55. The smallest absolute Gasteiger partial charge is 0.116 e. The highest BCUT2D eigenvalue weighted by molar-refractivity contribution is 6.14. The number of rotatable bonds is 12. The molecule has 0 saturated carbocycles. The summed E-state index contributed by atoms with van der Waals surface area (Å²) in [7, 11) is 0. The van der Waals surface area contributed by atoms with Crippen molar-refractivity contribution in [1.29, 1.82) is 0 Å². The van der Waals surface area contributed by atoms with E-state index in [9.17, 15) is 20.4 Å². The van der Waals surface area contributed by atoms with Gasteiger partial charge in [-0.25, -0.2) is 0 Å². The molecule has 0 aliphatic heterocycles. The van der Waals surface area contributed by atoms with Crippen LogP contribution in [0, 0.1) is 0 Å². The Morgan fingerprint density at radius 3 is 0.595 bits per heavy atom. The highest BCUT2D eigenvalue weighted by Gasteiger charge is 2.40. The number of fused-ring (bicyclic) bond motifs is 16. The van der Waals surface area contributed by atoms with Crippen molar-refractivity contribution in [2.75, 3.05) is 0 Å². The van der Waals surface area contributed by atoms with Crippen LogP contribution in [0.15, 0.2) is 365 Å². The molecule has 0 radical (unpaired) electrons. The van der Waals surface area contributed by atoms with E-state index < -0.39 is 5.41 Å². The molecule has 4 aromatic heterocycles. The summed E-state index contributed by atoms with van der Waals surface area (Å²) in [6.07, 6.45) is 17.3. The van der Waals surface area contributed by atoms with E-state index in [1.807, 2.05) is 48.5 Å². The molecular weight excluding hydrogens is 1480 g/mol. The molecule has 0 fully saturated rings. The Morgan fingerprint density at radius 2 is 0.372 bits per heavy atom. The average molecular weight is 1550 g/mol. The van der Waals surface area contributed by atoms with E-state index in [1.165, 1.54) is 0 Å². The Bertz CT molecular complexity index is 6970. The lowest BCUT2D eigenvalue weighted by molar-refractivity contribution is 0.474. The predicted molar refractivity (Wildman–Crippen MR) is 496 cm³/mol. The van der Waals surface area contributed by atoms with Gasteiger partial charge in [-0.05, 0) is 299 Å². The maximum atomic E-state index is 11.1. The minimum atomic E-state index is -0.963. The third kappa shape index (κ3) is 11.1. The monoisotopic (exact) mass is 1550 g/mol. The molecule has 4 aliphatic carbocycles. The van der Waals surface area contributed by atoms with Gasteiger partial charge in [0.15, 0.2) is 0 Å². The summed E-state index contributed by atoms with van der Waals surface area (Å²) < 4.78 is 0. The van der Waals surface area contributed by atoms with Crippen LogP contribution in [0.3, 0.4) is 0 Å². The first-order valence-electron chi connectivity index (χ1n) is 41.0. The van der Waals surface area contributed by atoms with Gasteiger partial charge in [0.1, 0.15) is 23.0 Å². The van der Waals surface area contributed by atoms with Crippen molar-refractivity contribution in [2.45, 2.75) is 5.41 Å². The first-order chi connectivity index (χ1) is 59.5. The van der Waals surface area contributed by atoms with Crippen molar-refractivity contribution in [3.8, 4) is 112 Å². The summed E-state index contributed by atoms with van der Waals surface area (Å²) in [5.41, 5.74) is 41.6. The van der Waals surface area contributed by atoms with Gasteiger partial charge in [0.25, 0.3) is 0 Å². The number of hydrogen-bond acceptors (Lipinski definition) is 4. The molecule has 0 bridgehead atoms. The third-order valence-electron chi connectivity index (χ3n) is 25.9. The molecular formula is C113H72N4O4. The predicted octanol–water partition coefficient (Wildman–Crippen LogP) is 27.8. The molecule has 24 rings (SSSR count). The molecule has 16 aromatic carbocycles. The van der Waals surface area contributed by atoms with Gasteiger partial charge in [-0.15, -0.1) is 0 Å². The second-order valence-corrected chi connectivity index (χ2v) is 32.4. The van der Waals surface area contributed by atoms with Crippen LogP contribution in [-0.4, -0.2) is 40.4 Å². The summed E-state index contributed by atoms with van der Waals surface area (Å²) in [6.45, 7) is 0. The maximum Gasteiger partial charge on any atom is 0.116 e. The number of aromatic amines is 4. The topological polar surface area (TPSA) is 144 Å². The Kier molecular flexibility index (Phi) is 15.4. The zero-order chi connectivity index (χ0) is 80.3. The van der Waals surface area contributed by atoms with Crippen molar-refractivity contribution in [2.24, 2.45) is 0 Å². The molecule has 0 atom stereocenters. The van der Waals surface area contributed by atoms with Gasteiger partial charge in [-0.1, -0.05) is 243 Å². The van der Waals surface area contributed by atoms with Gasteiger partial charge >= 0.3 is 0 Å². The van der Waals surface area contributed by atoms with E-state index in [4.69, 9.17) is 0 Å². The Hall–Kier alpha value is -16.2. The normalized spacial score (nSPS) is 14.1. The van der Waals surface area contributed by atoms with Crippen LogP contribution in [0.2, 0.25) is 0 Å². The quantitative estimate of drug-likeness (QED) is 0.0576. The van der Waals surface area contributed by atoms with Crippen molar-refractivity contribution in [3.63, 3.8) is 0 Å². The van der Waals surface area contributed by atoms with E-state index in [2.05, 4.69) is 336 Å². The number of phenolic OH excluding ortho intramolecular Hbond substituents is 4. The second-order valence-electron chi connectivity index (χ2n) is 32.4. The zero-order valence-electron chi connectivity index (χ0n) is 65.2. The molecule has 121 heavy (non-hydrogen) atoms. The van der Waals surface area contributed by atoms with Crippen LogP contribution in [0.25, 0.3) is 179 Å². The van der Waals surface area contributed by atoms with E-state index in [0.717, 1.165) is 244 Å². The molecule has 20 aromatic rings. The first kappa shape index (κ1) is 69.2. The summed E-state index contributed by atoms with van der Waals surface area (Å²) >= 11 is 0. The molecule has 4 aliphatic rings. The minimum Gasteiger partial charge on any atom is -0.508 e. The number of benzene rings is 16. The SMILES string of the molecule is Oc1ccc2c(c1)/C(=C\c1c[nH]c3ccccc13)c1cc(-c3ccc(C(c4ccc(-c5ccc6c(c5)/C(=C/c5c[nH]c7ccccc57)c5cc(O)ccc5-6)cc4)(c4ccc(-c5ccc6c(c5)/C(=C/c5c[nH]c7ccccc57)c5cc(O)ccc5-6)cc4)c4ccc(-c5ccc6c(c5)/C(=C/c5c[nH]c7ccccc57)c5cc(O)ccc5-6)cc4)cc3)ccc1-2. The van der Waals surface area contributed by atoms with Crippen LogP contribution in [0.4, 0.5) is 0 Å². The minimum absolute atomic E-state index is 0.221. The van der Waals surface area contributed by atoms with Crippen LogP contribution in [-0.2, 0) is 5.41 Å². The van der Waals surface area contributed by atoms with E-state index >= 15 is 0 Å². The van der Waals surface area contributed by atoms with Gasteiger partial charge in [0, 0.05) is 90.7 Å². The van der Waals surface area contributed by atoms with Crippen LogP contribution < -0.4 is 0 Å². The molecule has 0 amide bonds. The maximum absolute atomic E-state index is 11.1. The average Bonchev–Trinajstić information content (AvgIpc) is 1.71. The molecule has 8 nitrogen and oxygen atoms in total. The lowest BCUT2D eigenvalue weighted by Crippen LogP contribution is -2.31. The molecule has 0 saturated heterocycles. The third-order valence-corrected chi connectivity index (χ3v) is 25.9. The van der Waals surface area contributed by atoms with Gasteiger partial charge in [0.2, 0.25) is 0 Å². The lowest BCUT2D eigenvalue weighted by atomic mass is 9.64. The summed E-state index contributed by atoms with van der Waals surface area (Å²) in [5.74, 6) is 0.883. The van der Waals surface area contributed by atoms with E-state index in [0.29, 0.717) is 0 Å². The Labute approximate surface area is 697 Å². The molecule has 0 unspecified atom stereocenters. The van der Waals surface area contributed by atoms with Crippen LogP contribution in [0.1, 0.15) is 89.0 Å². The van der Waals surface area contributed by atoms with Gasteiger partial charge in [0.05, 0.1) is 5.41 Å².